The second kappa shape index (κ2) is 6.20. The van der Waals surface area contributed by atoms with E-state index in [1.807, 2.05) is 5.38 Å². The Morgan fingerprint density at radius 3 is 3.09 bits per heavy atom. The predicted molar refractivity (Wildman–Crippen MR) is 88.0 cm³/mol. The number of hydrogen-bond donors (Lipinski definition) is 1. The van der Waals surface area contributed by atoms with Crippen molar-refractivity contribution in [2.45, 2.75) is 45.7 Å². The summed E-state index contributed by atoms with van der Waals surface area (Å²) < 4.78 is 1.39. The van der Waals surface area contributed by atoms with Gasteiger partial charge in [0.25, 0.3) is 5.56 Å². The average Bonchev–Trinajstić information content (AvgIpc) is 2.96. The first-order chi connectivity index (χ1) is 10.6. The molecule has 0 aliphatic heterocycles. The van der Waals surface area contributed by atoms with E-state index < -0.39 is 0 Å². The fourth-order valence-corrected chi connectivity index (χ4v) is 3.92. The largest absolute Gasteiger partial charge is 0.352 e. The molecule has 0 radical (unpaired) electrons. The molecule has 0 saturated heterocycles. The van der Waals surface area contributed by atoms with Gasteiger partial charge >= 0.3 is 0 Å². The number of nitrogens with zero attached hydrogens (tertiary/aromatic N) is 2. The van der Waals surface area contributed by atoms with Gasteiger partial charge < -0.3 is 5.32 Å². The molecule has 6 heteroatoms. The molecule has 3 rings (SSSR count). The molecule has 1 saturated carbocycles. The maximum absolute atomic E-state index is 12.3. The van der Waals surface area contributed by atoms with Gasteiger partial charge in [-0.15, -0.1) is 11.3 Å². The van der Waals surface area contributed by atoms with Crippen molar-refractivity contribution in [2.75, 3.05) is 0 Å². The highest BCUT2D eigenvalue weighted by molar-refractivity contribution is 7.16. The van der Waals surface area contributed by atoms with Gasteiger partial charge in [0.05, 0.1) is 11.7 Å². The van der Waals surface area contributed by atoms with Gasteiger partial charge in [-0.1, -0.05) is 26.7 Å². The van der Waals surface area contributed by atoms with Crippen molar-refractivity contribution in [2.24, 2.45) is 11.8 Å². The molecule has 0 aromatic carbocycles. The Morgan fingerprint density at radius 2 is 2.27 bits per heavy atom. The van der Waals surface area contributed by atoms with E-state index in [4.69, 9.17) is 0 Å². The summed E-state index contributed by atoms with van der Waals surface area (Å²) in [7, 11) is 0. The molecule has 1 aliphatic rings. The van der Waals surface area contributed by atoms with Crippen LogP contribution in [0.2, 0.25) is 0 Å². The van der Waals surface area contributed by atoms with Gasteiger partial charge in [0.2, 0.25) is 5.91 Å². The zero-order valence-electron chi connectivity index (χ0n) is 12.9. The van der Waals surface area contributed by atoms with Crippen molar-refractivity contribution in [3.8, 4) is 0 Å². The molecular weight excluding hydrogens is 298 g/mol. The van der Waals surface area contributed by atoms with E-state index in [-0.39, 0.29) is 24.1 Å². The minimum atomic E-state index is -0.147. The number of fused-ring (bicyclic) bond motifs is 1. The van der Waals surface area contributed by atoms with Crippen LogP contribution in [0.5, 0.6) is 0 Å². The first-order valence-electron chi connectivity index (χ1n) is 7.78. The van der Waals surface area contributed by atoms with Crippen LogP contribution in [-0.4, -0.2) is 21.5 Å². The molecule has 1 aliphatic carbocycles. The molecule has 0 spiro atoms. The van der Waals surface area contributed by atoms with Crippen LogP contribution in [0.1, 0.15) is 33.1 Å². The van der Waals surface area contributed by atoms with Crippen molar-refractivity contribution < 1.29 is 4.79 Å². The van der Waals surface area contributed by atoms with Crippen LogP contribution >= 0.6 is 11.3 Å². The summed E-state index contributed by atoms with van der Waals surface area (Å²) in [5.74, 6) is 1.00. The van der Waals surface area contributed by atoms with Crippen LogP contribution in [0.15, 0.2) is 22.6 Å². The molecule has 22 heavy (non-hydrogen) atoms. The van der Waals surface area contributed by atoms with Gasteiger partial charge in [-0.25, -0.2) is 4.98 Å². The van der Waals surface area contributed by atoms with Crippen LogP contribution in [0.25, 0.3) is 10.2 Å². The first-order valence-corrected chi connectivity index (χ1v) is 8.66. The van der Waals surface area contributed by atoms with E-state index in [1.165, 1.54) is 28.7 Å². The Balaban J connectivity index is 1.70. The Hall–Kier alpha value is -1.69. The number of carbonyl (C=O) groups is 1. The summed E-state index contributed by atoms with van der Waals surface area (Å²) in [4.78, 5) is 29.5. The number of carbonyl (C=O) groups excluding carboxylic acids is 1. The third-order valence-corrected chi connectivity index (χ3v) is 5.64. The van der Waals surface area contributed by atoms with Gasteiger partial charge in [-0.2, -0.15) is 0 Å². The summed E-state index contributed by atoms with van der Waals surface area (Å²) in [6, 6.07) is 1.97. The average molecular weight is 319 g/mol. The van der Waals surface area contributed by atoms with Crippen molar-refractivity contribution in [1.29, 1.82) is 0 Å². The van der Waals surface area contributed by atoms with Crippen molar-refractivity contribution in [3.63, 3.8) is 0 Å². The molecule has 0 bridgehead atoms. The molecule has 1 N–H and O–H groups in total. The third-order valence-electron chi connectivity index (χ3n) is 4.82. The molecule has 2 heterocycles. The smallest absolute Gasteiger partial charge is 0.262 e. The number of aromatic nitrogens is 2. The summed E-state index contributed by atoms with van der Waals surface area (Å²) in [6.45, 7) is 4.47. The highest BCUT2D eigenvalue weighted by atomic mass is 32.1. The summed E-state index contributed by atoms with van der Waals surface area (Å²) >= 11 is 1.43. The molecule has 1 amide bonds. The lowest BCUT2D eigenvalue weighted by molar-refractivity contribution is -0.123. The van der Waals surface area contributed by atoms with Gasteiger partial charge in [0.1, 0.15) is 11.4 Å². The zero-order chi connectivity index (χ0) is 15.7. The topological polar surface area (TPSA) is 64.0 Å². The maximum atomic E-state index is 12.3. The van der Waals surface area contributed by atoms with Gasteiger partial charge in [-0.3, -0.25) is 14.2 Å². The van der Waals surface area contributed by atoms with Crippen molar-refractivity contribution in [3.05, 3.63) is 28.1 Å². The standard InChI is InChI=1S/C16H21N3O2S/c1-10-4-3-5-13(11(10)2)18-14(20)8-19-9-17-15-12(16(19)21)6-7-22-15/h6-7,9-11,13H,3-5,8H2,1-2H3,(H,18,20)/t10-,11-,13+/m1/s1. The highest BCUT2D eigenvalue weighted by Crippen LogP contribution is 2.29. The minimum absolute atomic E-state index is 0.0369. The van der Waals surface area contributed by atoms with Crippen LogP contribution in [0.3, 0.4) is 0 Å². The van der Waals surface area contributed by atoms with Gasteiger partial charge in [0, 0.05) is 6.04 Å². The van der Waals surface area contributed by atoms with Crippen LogP contribution in [0, 0.1) is 11.8 Å². The molecule has 1 fully saturated rings. The van der Waals surface area contributed by atoms with Crippen LogP contribution in [-0.2, 0) is 11.3 Å². The number of hydrogen-bond acceptors (Lipinski definition) is 4. The fraction of sp³-hybridized carbons (Fsp3) is 0.562. The van der Waals surface area contributed by atoms with Gasteiger partial charge in [0.15, 0.2) is 0 Å². The number of amides is 1. The Morgan fingerprint density at radius 1 is 1.45 bits per heavy atom. The van der Waals surface area contributed by atoms with Crippen molar-refractivity contribution in [1.82, 2.24) is 14.9 Å². The van der Waals surface area contributed by atoms with Crippen LogP contribution in [0.4, 0.5) is 0 Å². The summed E-state index contributed by atoms with van der Waals surface area (Å²) in [6.07, 6.45) is 4.87. The number of rotatable bonds is 3. The second-order valence-electron chi connectivity index (χ2n) is 6.26. The molecule has 2 aromatic heterocycles. The molecule has 118 valence electrons. The summed E-state index contributed by atoms with van der Waals surface area (Å²) in [5, 5.41) is 5.52. The predicted octanol–water partition coefficient (Wildman–Crippen LogP) is 2.40. The Kier molecular flexibility index (Phi) is 4.29. The molecule has 3 atom stereocenters. The lowest BCUT2D eigenvalue weighted by Gasteiger charge is -2.34. The summed E-state index contributed by atoms with van der Waals surface area (Å²) in [5.41, 5.74) is -0.147. The number of nitrogens with one attached hydrogen (secondary N) is 1. The maximum Gasteiger partial charge on any atom is 0.262 e. The first kappa shape index (κ1) is 15.2. The normalized spacial score (nSPS) is 25.3. The van der Waals surface area contributed by atoms with Crippen molar-refractivity contribution >= 4 is 27.5 Å². The molecule has 0 unspecified atom stereocenters. The lowest BCUT2D eigenvalue weighted by atomic mass is 9.78. The van der Waals surface area contributed by atoms with E-state index in [9.17, 15) is 9.59 Å². The molecule has 2 aromatic rings. The zero-order valence-corrected chi connectivity index (χ0v) is 13.7. The number of thiophene rings is 1. The van der Waals surface area contributed by atoms with E-state index >= 15 is 0 Å². The fourth-order valence-electron chi connectivity index (χ4n) is 3.20. The SMILES string of the molecule is C[C@@H]1[C@H](C)CCC[C@@H]1NC(=O)Cn1cnc2sccc2c1=O. The van der Waals surface area contributed by atoms with E-state index in [2.05, 4.69) is 24.1 Å². The van der Waals surface area contributed by atoms with Crippen LogP contribution < -0.4 is 10.9 Å². The van der Waals surface area contributed by atoms with E-state index in [0.29, 0.717) is 17.2 Å². The Bertz CT molecular complexity index is 736. The molecule has 5 nitrogen and oxygen atoms in total. The quantitative estimate of drug-likeness (QED) is 0.945. The lowest BCUT2D eigenvalue weighted by Crippen LogP contribution is -2.45. The van der Waals surface area contributed by atoms with Gasteiger partial charge in [-0.05, 0) is 29.7 Å². The minimum Gasteiger partial charge on any atom is -0.352 e. The Labute approximate surface area is 133 Å². The monoisotopic (exact) mass is 319 g/mol. The van der Waals surface area contributed by atoms with E-state index in [0.717, 1.165) is 17.7 Å². The third kappa shape index (κ3) is 2.92. The highest BCUT2D eigenvalue weighted by Gasteiger charge is 2.28. The van der Waals surface area contributed by atoms with E-state index in [1.54, 1.807) is 6.07 Å². The molecular formula is C16H21N3O2S. The second-order valence-corrected chi connectivity index (χ2v) is 7.15.